The van der Waals surface area contributed by atoms with Gasteiger partial charge in [-0.05, 0) is 18.2 Å². The van der Waals surface area contributed by atoms with Crippen LogP contribution in [0.2, 0.25) is 5.02 Å². The Morgan fingerprint density at radius 2 is 2.06 bits per heavy atom. The number of carbonyl (C=O) groups is 1. The van der Waals surface area contributed by atoms with Gasteiger partial charge in [-0.2, -0.15) is 18.3 Å². The standard InChI is InChI=1S/C18H14ClF3N8O3S/c19-14-5-4-11(7-13(14)18(20,21)22)25-15(31)9-34-17-28-27-16(29(17)23)26-24-8-10-2-1-3-12(6-10)30(32)33/h1-8H,9,23H2,(H,25,31)(H,26,27)/b24-8+. The van der Waals surface area contributed by atoms with Gasteiger partial charge in [-0.3, -0.25) is 14.9 Å². The number of non-ortho nitro benzene ring substituents is 1. The minimum atomic E-state index is -4.66. The van der Waals surface area contributed by atoms with Crippen LogP contribution in [0.1, 0.15) is 11.1 Å². The summed E-state index contributed by atoms with van der Waals surface area (Å²) in [5.41, 5.74) is 1.72. The molecule has 0 aliphatic heterocycles. The Labute approximate surface area is 198 Å². The minimum absolute atomic E-state index is 0.0112. The highest BCUT2D eigenvalue weighted by Crippen LogP contribution is 2.36. The van der Waals surface area contributed by atoms with Gasteiger partial charge >= 0.3 is 6.18 Å². The van der Waals surface area contributed by atoms with Crippen LogP contribution in [-0.2, 0) is 11.0 Å². The Hall–Kier alpha value is -3.85. The summed E-state index contributed by atoms with van der Waals surface area (Å²) in [6.45, 7) is 0. The van der Waals surface area contributed by atoms with Crippen LogP contribution in [0.25, 0.3) is 0 Å². The number of rotatable bonds is 8. The van der Waals surface area contributed by atoms with Gasteiger partial charge in [0.05, 0.1) is 27.5 Å². The van der Waals surface area contributed by atoms with Crippen LogP contribution >= 0.6 is 23.4 Å². The van der Waals surface area contributed by atoms with Gasteiger partial charge in [-0.25, -0.2) is 10.1 Å². The summed E-state index contributed by atoms with van der Waals surface area (Å²) in [6, 6.07) is 8.77. The summed E-state index contributed by atoms with van der Waals surface area (Å²) in [6.07, 6.45) is -3.35. The third kappa shape index (κ3) is 6.35. The molecule has 1 aromatic heterocycles. The smallest absolute Gasteiger partial charge is 0.334 e. The van der Waals surface area contributed by atoms with E-state index in [4.69, 9.17) is 17.4 Å². The van der Waals surface area contributed by atoms with Crippen molar-refractivity contribution < 1.29 is 22.9 Å². The van der Waals surface area contributed by atoms with E-state index in [9.17, 15) is 28.1 Å². The second kappa shape index (κ2) is 10.4. The van der Waals surface area contributed by atoms with Gasteiger partial charge in [0.25, 0.3) is 11.6 Å². The van der Waals surface area contributed by atoms with Gasteiger partial charge in [-0.1, -0.05) is 35.5 Å². The molecule has 0 aliphatic rings. The molecule has 0 spiro atoms. The molecule has 0 radical (unpaired) electrons. The molecule has 0 atom stereocenters. The zero-order valence-corrected chi connectivity index (χ0v) is 18.4. The largest absolute Gasteiger partial charge is 0.417 e. The molecular formula is C18H14ClF3N8O3S. The quantitative estimate of drug-likeness (QED) is 0.135. The first-order valence-corrected chi connectivity index (χ1v) is 10.4. The van der Waals surface area contributed by atoms with Crippen LogP contribution in [0.3, 0.4) is 0 Å². The third-order valence-corrected chi connectivity index (χ3v) is 5.28. The molecular weight excluding hydrogens is 501 g/mol. The zero-order chi connectivity index (χ0) is 24.9. The van der Waals surface area contributed by atoms with E-state index < -0.39 is 27.6 Å². The Balaban J connectivity index is 1.57. The number of amides is 1. The Morgan fingerprint density at radius 1 is 1.29 bits per heavy atom. The number of hydrogen-bond donors (Lipinski definition) is 3. The fraction of sp³-hybridized carbons (Fsp3) is 0.111. The van der Waals surface area contributed by atoms with Crippen LogP contribution in [0, 0.1) is 10.1 Å². The van der Waals surface area contributed by atoms with Crippen LogP contribution in [0.15, 0.2) is 52.7 Å². The first-order valence-electron chi connectivity index (χ1n) is 9.08. The van der Waals surface area contributed by atoms with Crippen molar-refractivity contribution in [1.82, 2.24) is 14.9 Å². The number of hydrazone groups is 1. The van der Waals surface area contributed by atoms with Crippen molar-refractivity contribution in [2.45, 2.75) is 11.3 Å². The van der Waals surface area contributed by atoms with E-state index in [2.05, 4.69) is 26.0 Å². The van der Waals surface area contributed by atoms with Gasteiger partial charge in [-0.15, -0.1) is 10.2 Å². The number of nitrogen functional groups attached to an aromatic ring is 1. The van der Waals surface area contributed by atoms with Crippen molar-refractivity contribution in [3.63, 3.8) is 0 Å². The number of nitrogens with zero attached hydrogens (tertiary/aromatic N) is 5. The van der Waals surface area contributed by atoms with Gasteiger partial charge in [0, 0.05) is 23.4 Å². The highest BCUT2D eigenvalue weighted by atomic mass is 35.5. The molecule has 1 heterocycles. The maximum atomic E-state index is 12.9. The molecule has 0 fully saturated rings. The topological polar surface area (TPSA) is 153 Å². The summed E-state index contributed by atoms with van der Waals surface area (Å²) in [4.78, 5) is 22.4. The fourth-order valence-electron chi connectivity index (χ4n) is 2.48. The molecule has 0 bridgehead atoms. The fourth-order valence-corrected chi connectivity index (χ4v) is 3.36. The Morgan fingerprint density at radius 3 is 2.76 bits per heavy atom. The molecule has 0 saturated carbocycles. The number of nitrogens with one attached hydrogen (secondary N) is 2. The number of nitro groups is 1. The highest BCUT2D eigenvalue weighted by molar-refractivity contribution is 7.99. The number of alkyl halides is 3. The summed E-state index contributed by atoms with van der Waals surface area (Å²) in [5.74, 6) is 5.02. The Bertz CT molecular complexity index is 1250. The second-order valence-corrected chi connectivity index (χ2v) is 7.78. The minimum Gasteiger partial charge on any atom is -0.334 e. The van der Waals surface area contributed by atoms with Gasteiger partial charge in [0.1, 0.15) is 0 Å². The predicted octanol–water partition coefficient (Wildman–Crippen LogP) is 3.75. The lowest BCUT2D eigenvalue weighted by atomic mass is 10.2. The molecule has 0 aliphatic carbocycles. The lowest BCUT2D eigenvalue weighted by molar-refractivity contribution is -0.384. The average Bonchev–Trinajstić information content (AvgIpc) is 3.12. The molecule has 1 amide bonds. The molecule has 178 valence electrons. The van der Waals surface area contributed by atoms with E-state index in [0.29, 0.717) is 5.56 Å². The van der Waals surface area contributed by atoms with Crippen LogP contribution in [0.4, 0.5) is 30.5 Å². The third-order valence-electron chi connectivity index (χ3n) is 4.01. The van der Waals surface area contributed by atoms with E-state index in [-0.39, 0.29) is 28.2 Å². The number of aromatic nitrogens is 3. The number of benzene rings is 2. The summed E-state index contributed by atoms with van der Waals surface area (Å²) < 4.78 is 39.8. The van der Waals surface area contributed by atoms with E-state index in [1.54, 1.807) is 6.07 Å². The van der Waals surface area contributed by atoms with Gasteiger partial charge < -0.3 is 11.2 Å². The number of carbonyl (C=O) groups excluding carboxylic acids is 1. The highest BCUT2D eigenvalue weighted by Gasteiger charge is 2.33. The van der Waals surface area contributed by atoms with Crippen molar-refractivity contribution in [2.75, 3.05) is 22.3 Å². The monoisotopic (exact) mass is 514 g/mol. The van der Waals surface area contributed by atoms with Gasteiger partial charge in [0.15, 0.2) is 0 Å². The summed E-state index contributed by atoms with van der Waals surface area (Å²) >= 11 is 6.44. The number of nitrogens with two attached hydrogens (primary N) is 1. The summed E-state index contributed by atoms with van der Waals surface area (Å²) in [7, 11) is 0. The van der Waals surface area contributed by atoms with E-state index in [1.165, 1.54) is 30.5 Å². The normalized spacial score (nSPS) is 11.5. The van der Waals surface area contributed by atoms with E-state index >= 15 is 0 Å². The summed E-state index contributed by atoms with van der Waals surface area (Å²) in [5, 5.41) is 24.2. The van der Waals surface area contributed by atoms with Crippen molar-refractivity contribution in [1.29, 1.82) is 0 Å². The Kier molecular flexibility index (Phi) is 7.57. The zero-order valence-electron chi connectivity index (χ0n) is 16.8. The van der Waals surface area contributed by atoms with E-state index in [0.717, 1.165) is 28.6 Å². The molecule has 2 aromatic carbocycles. The molecule has 4 N–H and O–H groups in total. The SMILES string of the molecule is Nn1c(N/N=C/c2cccc([N+](=O)[O-])c2)nnc1SCC(=O)Nc1ccc(Cl)c(C(F)(F)F)c1. The molecule has 16 heteroatoms. The maximum Gasteiger partial charge on any atom is 0.417 e. The molecule has 3 rings (SSSR count). The maximum absolute atomic E-state index is 12.9. The first-order chi connectivity index (χ1) is 16.0. The number of halogens is 4. The average molecular weight is 515 g/mol. The number of anilines is 2. The predicted molar refractivity (Wildman–Crippen MR) is 120 cm³/mol. The molecule has 0 unspecified atom stereocenters. The number of nitro benzene ring substituents is 1. The molecule has 0 saturated heterocycles. The van der Waals surface area contributed by atoms with Crippen LogP contribution < -0.4 is 16.6 Å². The van der Waals surface area contributed by atoms with Gasteiger partial charge in [0.2, 0.25) is 11.1 Å². The van der Waals surface area contributed by atoms with Crippen molar-refractivity contribution in [3.05, 3.63) is 68.7 Å². The second-order valence-electron chi connectivity index (χ2n) is 6.43. The molecule has 3 aromatic rings. The van der Waals surface area contributed by atoms with Crippen molar-refractivity contribution >= 4 is 52.8 Å². The number of hydrogen-bond acceptors (Lipinski definition) is 9. The lowest BCUT2D eigenvalue weighted by Gasteiger charge is -2.11. The van der Waals surface area contributed by atoms with Crippen molar-refractivity contribution in [3.8, 4) is 0 Å². The molecule has 11 nitrogen and oxygen atoms in total. The van der Waals surface area contributed by atoms with Crippen LogP contribution in [0.5, 0.6) is 0 Å². The van der Waals surface area contributed by atoms with E-state index in [1.807, 2.05) is 0 Å². The number of thioether (sulfide) groups is 1. The van der Waals surface area contributed by atoms with Crippen LogP contribution in [-0.4, -0.2) is 37.7 Å². The lowest BCUT2D eigenvalue weighted by Crippen LogP contribution is -2.17. The molecule has 34 heavy (non-hydrogen) atoms. The first kappa shape index (κ1) is 24.8. The van der Waals surface area contributed by atoms with Crippen molar-refractivity contribution in [2.24, 2.45) is 5.10 Å².